The Morgan fingerprint density at radius 3 is 2.47 bits per heavy atom. The Labute approximate surface area is 117 Å². The minimum Gasteiger partial charge on any atom is -0.497 e. The molecule has 4 nitrogen and oxygen atoms in total. The zero-order chi connectivity index (χ0) is 13.7. The molecular weight excluding hydrogens is 264 g/mol. The van der Waals surface area contributed by atoms with Crippen LogP contribution >= 0.6 is 11.6 Å². The van der Waals surface area contributed by atoms with Crippen molar-refractivity contribution in [2.75, 3.05) is 14.2 Å². The first-order chi connectivity index (χ1) is 9.21. The number of hydrogen-bond donors (Lipinski definition) is 0. The first kappa shape index (κ1) is 13.8. The van der Waals surface area contributed by atoms with Crippen LogP contribution in [0.5, 0.6) is 5.75 Å². The van der Waals surface area contributed by atoms with Crippen molar-refractivity contribution in [1.29, 1.82) is 0 Å². The molecule has 0 radical (unpaired) electrons. The van der Waals surface area contributed by atoms with Crippen molar-refractivity contribution in [3.05, 3.63) is 52.6 Å². The van der Waals surface area contributed by atoms with Gasteiger partial charge in [0.25, 0.3) is 0 Å². The summed E-state index contributed by atoms with van der Waals surface area (Å²) in [5, 5.41) is 0.436. The number of hydrogen-bond acceptors (Lipinski definition) is 4. The van der Waals surface area contributed by atoms with Crippen molar-refractivity contribution >= 4 is 11.6 Å². The Hall–Kier alpha value is -1.65. The molecule has 0 unspecified atom stereocenters. The van der Waals surface area contributed by atoms with Gasteiger partial charge in [0, 0.05) is 13.5 Å². The van der Waals surface area contributed by atoms with Gasteiger partial charge in [-0.2, -0.15) is 0 Å². The van der Waals surface area contributed by atoms with Crippen LogP contribution in [0, 0.1) is 0 Å². The molecule has 1 aromatic heterocycles. The lowest BCUT2D eigenvalue weighted by Crippen LogP contribution is -2.02. The molecule has 0 atom stereocenters. The van der Waals surface area contributed by atoms with Crippen molar-refractivity contribution in [2.24, 2.45) is 0 Å². The molecule has 19 heavy (non-hydrogen) atoms. The van der Waals surface area contributed by atoms with Crippen LogP contribution in [-0.4, -0.2) is 24.2 Å². The topological polar surface area (TPSA) is 44.2 Å². The van der Waals surface area contributed by atoms with E-state index in [0.717, 1.165) is 17.0 Å². The number of nitrogens with zero attached hydrogens (tertiary/aromatic N) is 2. The zero-order valence-electron chi connectivity index (χ0n) is 10.9. The smallest absolute Gasteiger partial charge is 0.134 e. The van der Waals surface area contributed by atoms with Crippen LogP contribution in [0.15, 0.2) is 30.3 Å². The number of halogens is 1. The molecule has 0 spiro atoms. The molecule has 1 heterocycles. The van der Waals surface area contributed by atoms with Crippen molar-refractivity contribution in [3.63, 3.8) is 0 Å². The van der Waals surface area contributed by atoms with Gasteiger partial charge in [0.2, 0.25) is 0 Å². The molecule has 0 N–H and O–H groups in total. The van der Waals surface area contributed by atoms with Crippen LogP contribution in [0.2, 0.25) is 5.15 Å². The van der Waals surface area contributed by atoms with Crippen molar-refractivity contribution in [1.82, 2.24) is 9.97 Å². The average Bonchev–Trinajstić information content (AvgIpc) is 2.39. The second-order valence-corrected chi connectivity index (χ2v) is 4.44. The molecule has 0 aliphatic heterocycles. The molecule has 0 aliphatic carbocycles. The number of aromatic nitrogens is 2. The zero-order valence-corrected chi connectivity index (χ0v) is 11.6. The van der Waals surface area contributed by atoms with Gasteiger partial charge in [-0.15, -0.1) is 0 Å². The van der Waals surface area contributed by atoms with Gasteiger partial charge in [-0.05, 0) is 23.8 Å². The van der Waals surface area contributed by atoms with Gasteiger partial charge in [0.15, 0.2) is 0 Å². The highest BCUT2D eigenvalue weighted by atomic mass is 35.5. The van der Waals surface area contributed by atoms with Gasteiger partial charge in [-0.1, -0.05) is 23.7 Å². The molecule has 0 amide bonds. The van der Waals surface area contributed by atoms with Crippen molar-refractivity contribution in [3.8, 4) is 5.75 Å². The number of ether oxygens (including phenoxy) is 2. The highest BCUT2D eigenvalue weighted by Crippen LogP contribution is 2.15. The predicted octanol–water partition coefficient (Wildman–Crippen LogP) is 2.88. The van der Waals surface area contributed by atoms with E-state index >= 15 is 0 Å². The van der Waals surface area contributed by atoms with E-state index in [4.69, 9.17) is 21.1 Å². The standard InChI is InChI=1S/C14H15ClN2O2/c1-18-9-11-8-13(15)17-14(16-11)7-10-3-5-12(19-2)6-4-10/h3-6,8H,7,9H2,1-2H3. The van der Waals surface area contributed by atoms with E-state index in [-0.39, 0.29) is 0 Å². The van der Waals surface area contributed by atoms with Gasteiger partial charge in [-0.3, -0.25) is 0 Å². The number of methoxy groups -OCH3 is 2. The minimum atomic E-state index is 0.428. The van der Waals surface area contributed by atoms with E-state index in [9.17, 15) is 0 Å². The molecule has 0 aliphatic rings. The quantitative estimate of drug-likeness (QED) is 0.789. The summed E-state index contributed by atoms with van der Waals surface area (Å²) in [5.74, 6) is 1.51. The van der Waals surface area contributed by atoms with E-state index in [0.29, 0.717) is 24.0 Å². The molecule has 0 fully saturated rings. The lowest BCUT2D eigenvalue weighted by atomic mass is 10.1. The van der Waals surface area contributed by atoms with E-state index in [1.165, 1.54) is 0 Å². The first-order valence-electron chi connectivity index (χ1n) is 5.85. The summed E-state index contributed by atoms with van der Waals surface area (Å²) in [4.78, 5) is 8.63. The monoisotopic (exact) mass is 278 g/mol. The van der Waals surface area contributed by atoms with E-state index in [1.807, 2.05) is 24.3 Å². The number of benzene rings is 1. The largest absolute Gasteiger partial charge is 0.497 e. The second-order valence-electron chi connectivity index (χ2n) is 4.06. The maximum absolute atomic E-state index is 5.97. The lowest BCUT2D eigenvalue weighted by Gasteiger charge is -2.05. The van der Waals surface area contributed by atoms with E-state index in [2.05, 4.69) is 9.97 Å². The molecule has 100 valence electrons. The summed E-state index contributed by atoms with van der Waals surface area (Å²) in [6.07, 6.45) is 0.626. The summed E-state index contributed by atoms with van der Waals surface area (Å²) in [7, 11) is 3.27. The van der Waals surface area contributed by atoms with E-state index in [1.54, 1.807) is 20.3 Å². The van der Waals surface area contributed by atoms with Crippen LogP contribution in [0.4, 0.5) is 0 Å². The van der Waals surface area contributed by atoms with Crippen molar-refractivity contribution in [2.45, 2.75) is 13.0 Å². The van der Waals surface area contributed by atoms with Crippen LogP contribution in [0.1, 0.15) is 17.1 Å². The van der Waals surface area contributed by atoms with Crippen LogP contribution < -0.4 is 4.74 Å². The predicted molar refractivity (Wildman–Crippen MR) is 73.6 cm³/mol. The Balaban J connectivity index is 2.17. The molecule has 2 aromatic rings. The van der Waals surface area contributed by atoms with Gasteiger partial charge in [0.05, 0.1) is 19.4 Å². The second kappa shape index (κ2) is 6.50. The van der Waals surface area contributed by atoms with Gasteiger partial charge >= 0.3 is 0 Å². The number of rotatable bonds is 5. The first-order valence-corrected chi connectivity index (χ1v) is 6.23. The molecular formula is C14H15ClN2O2. The molecule has 5 heteroatoms. The van der Waals surface area contributed by atoms with Gasteiger partial charge in [-0.25, -0.2) is 9.97 Å². The summed E-state index contributed by atoms with van der Waals surface area (Å²) in [5.41, 5.74) is 1.89. The third-order valence-corrected chi connectivity index (χ3v) is 2.80. The molecule has 2 rings (SSSR count). The lowest BCUT2D eigenvalue weighted by molar-refractivity contribution is 0.181. The van der Waals surface area contributed by atoms with Gasteiger partial charge in [0.1, 0.15) is 16.7 Å². The third kappa shape index (κ3) is 3.91. The molecule has 0 bridgehead atoms. The molecule has 1 aromatic carbocycles. The average molecular weight is 279 g/mol. The van der Waals surface area contributed by atoms with Crippen molar-refractivity contribution < 1.29 is 9.47 Å². The summed E-state index contributed by atoms with van der Waals surface area (Å²) in [6.45, 7) is 0.428. The SMILES string of the molecule is COCc1cc(Cl)nc(Cc2ccc(OC)cc2)n1. The fourth-order valence-electron chi connectivity index (χ4n) is 1.74. The summed E-state index contributed by atoms with van der Waals surface area (Å²) < 4.78 is 10.2. The third-order valence-electron chi connectivity index (χ3n) is 2.61. The maximum Gasteiger partial charge on any atom is 0.134 e. The fourth-order valence-corrected chi connectivity index (χ4v) is 1.97. The Kier molecular flexibility index (Phi) is 4.71. The Morgan fingerprint density at radius 1 is 1.11 bits per heavy atom. The Morgan fingerprint density at radius 2 is 1.84 bits per heavy atom. The normalized spacial score (nSPS) is 10.5. The van der Waals surface area contributed by atoms with Crippen LogP contribution in [0.25, 0.3) is 0 Å². The molecule has 0 saturated carbocycles. The van der Waals surface area contributed by atoms with Crippen LogP contribution in [0.3, 0.4) is 0 Å². The maximum atomic E-state index is 5.97. The summed E-state index contributed by atoms with van der Waals surface area (Å²) >= 11 is 5.97. The van der Waals surface area contributed by atoms with Crippen LogP contribution in [-0.2, 0) is 17.8 Å². The molecule has 0 saturated heterocycles. The van der Waals surface area contributed by atoms with E-state index < -0.39 is 0 Å². The van der Waals surface area contributed by atoms with Gasteiger partial charge < -0.3 is 9.47 Å². The Bertz CT molecular complexity index is 544. The highest BCUT2D eigenvalue weighted by Gasteiger charge is 2.05. The fraction of sp³-hybridized carbons (Fsp3) is 0.286. The highest BCUT2D eigenvalue weighted by molar-refractivity contribution is 6.29. The minimum absolute atomic E-state index is 0.428. The summed E-state index contributed by atoms with van der Waals surface area (Å²) in [6, 6.07) is 9.51.